The molecule has 1 aromatic heterocycles. The predicted octanol–water partition coefficient (Wildman–Crippen LogP) is 0.747. The van der Waals surface area contributed by atoms with Gasteiger partial charge in [-0.2, -0.15) is 0 Å². The van der Waals surface area contributed by atoms with Gasteiger partial charge in [0.1, 0.15) is 0 Å². The molecule has 0 aromatic carbocycles. The van der Waals surface area contributed by atoms with Crippen LogP contribution in [0.2, 0.25) is 0 Å². The zero-order valence-electron chi connectivity index (χ0n) is 9.47. The van der Waals surface area contributed by atoms with Crippen molar-refractivity contribution in [2.24, 2.45) is 5.92 Å². The van der Waals surface area contributed by atoms with Crippen LogP contribution in [0.5, 0.6) is 0 Å². The summed E-state index contributed by atoms with van der Waals surface area (Å²) < 4.78 is 26.0. The molecule has 92 valence electrons. The number of nitrogens with zero attached hydrogens (tertiary/aromatic N) is 1. The topological polar surface area (TPSA) is 79.3 Å². The van der Waals surface area contributed by atoms with Crippen LogP contribution in [-0.4, -0.2) is 31.2 Å². The molecule has 0 saturated carbocycles. The van der Waals surface area contributed by atoms with E-state index < -0.39 is 16.1 Å². The fourth-order valence-corrected chi connectivity index (χ4v) is 3.17. The molecule has 1 unspecified atom stereocenters. The molecule has 1 heterocycles. The lowest BCUT2D eigenvalue weighted by molar-refractivity contribution is 0.129. The maximum atomic E-state index is 11.7. The molecule has 0 aliphatic rings. The van der Waals surface area contributed by atoms with Crippen LogP contribution in [0.15, 0.2) is 10.4 Å². The zero-order valence-corrected chi connectivity index (χ0v) is 11.1. The molecule has 0 radical (unpaired) electrons. The van der Waals surface area contributed by atoms with Gasteiger partial charge in [0.25, 0.3) is 10.0 Å². The summed E-state index contributed by atoms with van der Waals surface area (Å²) in [5.41, 5.74) is 0. The molecule has 2 N–H and O–H groups in total. The molecule has 5 nitrogen and oxygen atoms in total. The van der Waals surface area contributed by atoms with Crippen LogP contribution >= 0.6 is 11.3 Å². The summed E-state index contributed by atoms with van der Waals surface area (Å²) in [6.07, 6.45) is 0.646. The van der Waals surface area contributed by atoms with Crippen LogP contribution in [-0.2, 0) is 10.0 Å². The monoisotopic (exact) mass is 264 g/mol. The minimum absolute atomic E-state index is 0.0193. The van der Waals surface area contributed by atoms with Crippen LogP contribution < -0.4 is 4.72 Å². The Kier molecular flexibility index (Phi) is 4.43. The molecular weight excluding hydrogens is 248 g/mol. The van der Waals surface area contributed by atoms with E-state index in [0.717, 1.165) is 11.3 Å². The van der Waals surface area contributed by atoms with Crippen molar-refractivity contribution in [1.29, 1.82) is 0 Å². The van der Waals surface area contributed by atoms with Crippen molar-refractivity contribution < 1.29 is 13.5 Å². The number of nitrogens with one attached hydrogen (secondary N) is 1. The Bertz CT molecular complexity index is 439. The van der Waals surface area contributed by atoms with E-state index in [4.69, 9.17) is 0 Å². The molecule has 0 aliphatic carbocycles. The van der Waals surface area contributed by atoms with E-state index in [0.29, 0.717) is 5.01 Å². The van der Waals surface area contributed by atoms with Crippen LogP contribution in [0.25, 0.3) is 0 Å². The van der Waals surface area contributed by atoms with Gasteiger partial charge >= 0.3 is 0 Å². The lowest BCUT2D eigenvalue weighted by Gasteiger charge is -2.14. The Morgan fingerprint density at radius 2 is 2.19 bits per heavy atom. The van der Waals surface area contributed by atoms with Gasteiger partial charge in [-0.3, -0.25) is 0 Å². The first-order chi connectivity index (χ1) is 7.33. The smallest absolute Gasteiger partial charge is 0.251 e. The largest absolute Gasteiger partial charge is 0.391 e. The van der Waals surface area contributed by atoms with Gasteiger partial charge in [-0.25, -0.2) is 18.1 Å². The van der Waals surface area contributed by atoms with Gasteiger partial charge in [-0.15, -0.1) is 11.3 Å². The van der Waals surface area contributed by atoms with Gasteiger partial charge in [0.2, 0.25) is 0 Å². The van der Waals surface area contributed by atoms with Crippen molar-refractivity contribution in [3.05, 3.63) is 11.2 Å². The molecule has 1 rings (SSSR count). The second-order valence-corrected chi connectivity index (χ2v) is 7.09. The number of rotatable bonds is 5. The average Bonchev–Trinajstić information content (AvgIpc) is 2.61. The average molecular weight is 264 g/mol. The highest BCUT2D eigenvalue weighted by Crippen LogP contribution is 2.17. The maximum absolute atomic E-state index is 11.7. The molecule has 0 aliphatic heterocycles. The minimum Gasteiger partial charge on any atom is -0.391 e. The Labute approximate surface area is 99.6 Å². The van der Waals surface area contributed by atoms with Crippen molar-refractivity contribution >= 4 is 21.4 Å². The highest BCUT2D eigenvalue weighted by atomic mass is 32.2. The van der Waals surface area contributed by atoms with E-state index in [2.05, 4.69) is 9.71 Å². The van der Waals surface area contributed by atoms with E-state index in [-0.39, 0.29) is 16.7 Å². The second kappa shape index (κ2) is 5.22. The van der Waals surface area contributed by atoms with Gasteiger partial charge in [0.15, 0.2) is 4.21 Å². The van der Waals surface area contributed by atoms with E-state index >= 15 is 0 Å². The number of hydrogen-bond acceptors (Lipinski definition) is 5. The van der Waals surface area contributed by atoms with Crippen LogP contribution in [0, 0.1) is 12.8 Å². The lowest BCUT2D eigenvalue weighted by atomic mass is 10.1. The Balaban J connectivity index is 2.67. The van der Waals surface area contributed by atoms with E-state index in [9.17, 15) is 13.5 Å². The lowest BCUT2D eigenvalue weighted by Crippen LogP contribution is -2.34. The van der Waals surface area contributed by atoms with Gasteiger partial charge in [-0.05, 0) is 12.8 Å². The highest BCUT2D eigenvalue weighted by Gasteiger charge is 2.19. The molecule has 0 spiro atoms. The summed E-state index contributed by atoms with van der Waals surface area (Å²) in [7, 11) is -3.52. The third-order valence-corrected chi connectivity index (χ3v) is 4.91. The molecule has 0 saturated heterocycles. The van der Waals surface area contributed by atoms with E-state index in [1.165, 1.54) is 6.20 Å². The summed E-state index contributed by atoms with van der Waals surface area (Å²) >= 11 is 1.11. The van der Waals surface area contributed by atoms with Crippen LogP contribution in [0.4, 0.5) is 0 Å². The summed E-state index contributed by atoms with van der Waals surface area (Å²) in [6, 6.07) is 0. The third-order valence-electron chi connectivity index (χ3n) is 2.12. The Morgan fingerprint density at radius 1 is 1.56 bits per heavy atom. The predicted molar refractivity (Wildman–Crippen MR) is 62.9 cm³/mol. The first-order valence-electron chi connectivity index (χ1n) is 4.93. The van der Waals surface area contributed by atoms with Crippen molar-refractivity contribution in [3.8, 4) is 0 Å². The molecule has 1 atom stereocenters. The van der Waals surface area contributed by atoms with Crippen molar-refractivity contribution in [2.75, 3.05) is 6.54 Å². The first kappa shape index (κ1) is 13.6. The minimum atomic E-state index is -3.52. The summed E-state index contributed by atoms with van der Waals surface area (Å²) in [4.78, 5) is 3.88. The first-order valence-corrected chi connectivity index (χ1v) is 7.23. The van der Waals surface area contributed by atoms with Gasteiger partial charge < -0.3 is 5.11 Å². The molecule has 0 bridgehead atoms. The molecule has 0 fully saturated rings. The summed E-state index contributed by atoms with van der Waals surface area (Å²) in [5, 5.41) is 10.2. The van der Waals surface area contributed by atoms with Crippen LogP contribution in [0.1, 0.15) is 18.9 Å². The van der Waals surface area contributed by atoms with Gasteiger partial charge in [0, 0.05) is 6.54 Å². The number of aryl methyl sites for hydroxylation is 1. The van der Waals surface area contributed by atoms with Crippen molar-refractivity contribution in [1.82, 2.24) is 9.71 Å². The SMILES string of the molecule is Cc1ncc(S(=O)(=O)NCC(O)C(C)C)s1. The molecule has 0 amide bonds. The van der Waals surface area contributed by atoms with Gasteiger partial charge in [-0.1, -0.05) is 13.8 Å². The molecular formula is C9H16N2O3S2. The normalized spacial score (nSPS) is 14.3. The number of hydrogen-bond donors (Lipinski definition) is 2. The molecule has 7 heteroatoms. The summed E-state index contributed by atoms with van der Waals surface area (Å²) in [5.74, 6) is 0.0193. The number of sulfonamides is 1. The fourth-order valence-electron chi connectivity index (χ4n) is 0.968. The Hall–Kier alpha value is -0.500. The Morgan fingerprint density at radius 3 is 2.62 bits per heavy atom. The molecule has 16 heavy (non-hydrogen) atoms. The quantitative estimate of drug-likeness (QED) is 0.822. The standard InChI is InChI=1S/C9H16N2O3S2/c1-6(2)8(12)4-11-16(13,14)9-5-10-7(3)15-9/h5-6,8,11-12H,4H2,1-3H3. The number of aromatic nitrogens is 1. The second-order valence-electron chi connectivity index (χ2n) is 3.86. The zero-order chi connectivity index (χ0) is 12.3. The summed E-state index contributed by atoms with van der Waals surface area (Å²) in [6.45, 7) is 5.43. The number of thiazole rings is 1. The van der Waals surface area contributed by atoms with E-state index in [1.54, 1.807) is 6.92 Å². The fraction of sp³-hybridized carbons (Fsp3) is 0.667. The van der Waals surface area contributed by atoms with Crippen LogP contribution in [0.3, 0.4) is 0 Å². The maximum Gasteiger partial charge on any atom is 0.251 e. The molecule has 1 aromatic rings. The third kappa shape index (κ3) is 3.51. The highest BCUT2D eigenvalue weighted by molar-refractivity contribution is 7.91. The number of aliphatic hydroxyl groups is 1. The van der Waals surface area contributed by atoms with Crippen molar-refractivity contribution in [2.45, 2.75) is 31.1 Å². The van der Waals surface area contributed by atoms with Crippen molar-refractivity contribution in [3.63, 3.8) is 0 Å². The van der Waals surface area contributed by atoms with E-state index in [1.807, 2.05) is 13.8 Å². The number of aliphatic hydroxyl groups excluding tert-OH is 1. The van der Waals surface area contributed by atoms with Gasteiger partial charge in [0.05, 0.1) is 17.3 Å².